The van der Waals surface area contributed by atoms with Crippen molar-refractivity contribution in [2.24, 2.45) is 0 Å². The fourth-order valence-corrected chi connectivity index (χ4v) is 5.58. The molecule has 1 saturated carbocycles. The third-order valence-corrected chi connectivity index (χ3v) is 6.84. The normalized spacial score (nSPS) is 21.7. The molecule has 3 aromatic carbocycles. The minimum atomic E-state index is 0.448. The molecule has 1 N–H and O–H groups in total. The number of aryl methyl sites for hydroxylation is 2. The van der Waals surface area contributed by atoms with Gasteiger partial charge in [0, 0.05) is 5.39 Å². The van der Waals surface area contributed by atoms with Gasteiger partial charge in [-0.3, -0.25) is 0 Å². The maximum atomic E-state index is 10.9. The number of phenols is 1. The Bertz CT molecular complexity index is 1030. The van der Waals surface area contributed by atoms with Crippen molar-refractivity contribution in [1.82, 2.24) is 0 Å². The molecule has 1 heteroatoms. The van der Waals surface area contributed by atoms with E-state index in [1.54, 1.807) is 5.56 Å². The molecule has 0 radical (unpaired) electrons. The highest BCUT2D eigenvalue weighted by Gasteiger charge is 2.35. The van der Waals surface area contributed by atoms with E-state index in [1.165, 1.54) is 71.7 Å². The van der Waals surface area contributed by atoms with Crippen LogP contribution >= 0.6 is 0 Å². The van der Waals surface area contributed by atoms with Gasteiger partial charge in [0.2, 0.25) is 0 Å². The zero-order valence-electron chi connectivity index (χ0n) is 16.4. The van der Waals surface area contributed by atoms with Gasteiger partial charge < -0.3 is 5.11 Å². The van der Waals surface area contributed by atoms with Crippen molar-refractivity contribution in [2.45, 2.75) is 64.2 Å². The molecule has 0 spiro atoms. The van der Waals surface area contributed by atoms with Crippen LogP contribution in [-0.2, 0) is 0 Å². The zero-order chi connectivity index (χ0) is 18.5. The average Bonchev–Trinajstić information content (AvgIpc) is 2.62. The van der Waals surface area contributed by atoms with Crippen LogP contribution in [0.1, 0.15) is 72.6 Å². The second-order valence-electron chi connectivity index (χ2n) is 8.70. The molecular weight excluding hydrogens is 328 g/mol. The van der Waals surface area contributed by atoms with Gasteiger partial charge in [0.25, 0.3) is 0 Å². The number of hydrogen-bond acceptors (Lipinski definition) is 1. The summed E-state index contributed by atoms with van der Waals surface area (Å²) in [5.41, 5.74) is 8.25. The van der Waals surface area contributed by atoms with E-state index in [1.807, 2.05) is 0 Å². The molecule has 0 saturated heterocycles. The van der Waals surface area contributed by atoms with Gasteiger partial charge in [-0.15, -0.1) is 0 Å². The van der Waals surface area contributed by atoms with Crippen LogP contribution in [0.4, 0.5) is 0 Å². The second-order valence-corrected chi connectivity index (χ2v) is 8.70. The highest BCUT2D eigenvalue weighted by atomic mass is 16.3. The fraction of sp³-hybridized carbons (Fsp3) is 0.385. The smallest absolute Gasteiger partial charge is 0.123 e. The molecule has 1 nitrogen and oxygen atoms in total. The van der Waals surface area contributed by atoms with Crippen molar-refractivity contribution in [2.75, 3.05) is 0 Å². The molecular formula is C26H28O. The van der Waals surface area contributed by atoms with E-state index in [-0.39, 0.29) is 0 Å². The van der Waals surface area contributed by atoms with Crippen LogP contribution in [0.3, 0.4) is 0 Å². The molecule has 0 bridgehead atoms. The first-order valence-electron chi connectivity index (χ1n) is 10.5. The molecule has 0 aromatic heterocycles. The van der Waals surface area contributed by atoms with E-state index in [4.69, 9.17) is 0 Å². The topological polar surface area (TPSA) is 20.2 Å². The molecule has 2 aliphatic carbocycles. The van der Waals surface area contributed by atoms with Crippen LogP contribution in [0, 0.1) is 13.8 Å². The maximum absolute atomic E-state index is 10.9. The van der Waals surface area contributed by atoms with Crippen LogP contribution in [-0.4, -0.2) is 5.11 Å². The molecule has 3 aromatic rings. The van der Waals surface area contributed by atoms with Gasteiger partial charge in [0.1, 0.15) is 5.75 Å². The monoisotopic (exact) mass is 356 g/mol. The highest BCUT2D eigenvalue weighted by molar-refractivity contribution is 6.03. The Morgan fingerprint density at radius 1 is 0.704 bits per heavy atom. The molecule has 0 amide bonds. The summed E-state index contributed by atoms with van der Waals surface area (Å²) in [5, 5.41) is 13.1. The van der Waals surface area contributed by atoms with Gasteiger partial charge in [-0.25, -0.2) is 0 Å². The van der Waals surface area contributed by atoms with E-state index < -0.39 is 0 Å². The first kappa shape index (κ1) is 16.9. The van der Waals surface area contributed by atoms with Gasteiger partial charge in [0.05, 0.1) is 0 Å². The minimum Gasteiger partial charge on any atom is -0.507 e. The van der Waals surface area contributed by atoms with Crippen molar-refractivity contribution in [3.63, 3.8) is 0 Å². The SMILES string of the molecule is Cc1ccc2c(c1)C1CCCCCCC1c1cc(O)c3cc(C)ccc3c1-2. The summed E-state index contributed by atoms with van der Waals surface area (Å²) in [6.07, 6.45) is 7.84. The van der Waals surface area contributed by atoms with Crippen molar-refractivity contribution in [3.8, 4) is 16.9 Å². The third kappa shape index (κ3) is 2.67. The summed E-state index contributed by atoms with van der Waals surface area (Å²) in [4.78, 5) is 0. The third-order valence-electron chi connectivity index (χ3n) is 6.84. The first-order chi connectivity index (χ1) is 13.1. The number of phenolic OH excluding ortho intramolecular Hbond substituents is 1. The molecule has 27 heavy (non-hydrogen) atoms. The quantitative estimate of drug-likeness (QED) is 0.446. The number of fused-ring (bicyclic) bond motifs is 8. The molecule has 2 atom stereocenters. The lowest BCUT2D eigenvalue weighted by Crippen LogP contribution is -2.20. The molecule has 1 fully saturated rings. The Balaban J connectivity index is 1.85. The molecule has 138 valence electrons. The fourth-order valence-electron chi connectivity index (χ4n) is 5.58. The molecule has 0 aliphatic heterocycles. The molecule has 5 rings (SSSR count). The van der Waals surface area contributed by atoms with E-state index in [0.29, 0.717) is 17.6 Å². The lowest BCUT2D eigenvalue weighted by atomic mass is 9.66. The van der Waals surface area contributed by atoms with Crippen molar-refractivity contribution >= 4 is 10.8 Å². The Kier molecular flexibility index (Phi) is 4.00. The van der Waals surface area contributed by atoms with Crippen LogP contribution in [0.5, 0.6) is 5.75 Å². The predicted molar refractivity (Wildman–Crippen MR) is 114 cm³/mol. The van der Waals surface area contributed by atoms with Gasteiger partial charge >= 0.3 is 0 Å². The Hall–Kier alpha value is -2.28. The summed E-state index contributed by atoms with van der Waals surface area (Å²) < 4.78 is 0. The second kappa shape index (κ2) is 6.41. The lowest BCUT2D eigenvalue weighted by molar-refractivity contribution is 0.401. The molecule has 0 heterocycles. The lowest BCUT2D eigenvalue weighted by Gasteiger charge is -2.38. The Labute approximate surface area is 162 Å². The number of hydrogen-bond donors (Lipinski definition) is 1. The Morgan fingerprint density at radius 3 is 2.15 bits per heavy atom. The molecule has 2 aliphatic rings. The first-order valence-corrected chi connectivity index (χ1v) is 10.5. The summed E-state index contributed by atoms with van der Waals surface area (Å²) in [6.45, 7) is 4.31. The summed E-state index contributed by atoms with van der Waals surface area (Å²) >= 11 is 0. The van der Waals surface area contributed by atoms with E-state index in [9.17, 15) is 5.11 Å². The number of benzene rings is 3. The van der Waals surface area contributed by atoms with E-state index in [2.05, 4.69) is 56.3 Å². The molecule has 2 unspecified atom stereocenters. The van der Waals surface area contributed by atoms with Crippen LogP contribution in [0.15, 0.2) is 42.5 Å². The van der Waals surface area contributed by atoms with Crippen molar-refractivity contribution in [1.29, 1.82) is 0 Å². The minimum absolute atomic E-state index is 0.448. The standard InChI is InChI=1S/C26H28O/c1-16-9-11-20-22(13-16)18-7-5-3-4-6-8-19(18)24-15-25(27)23-14-17(2)10-12-21(23)26(20)24/h9-15,18-19,27H,3-8H2,1-2H3. The van der Waals surface area contributed by atoms with Crippen LogP contribution in [0.25, 0.3) is 21.9 Å². The highest BCUT2D eigenvalue weighted by Crippen LogP contribution is 2.54. The van der Waals surface area contributed by atoms with Gasteiger partial charge in [-0.2, -0.15) is 0 Å². The van der Waals surface area contributed by atoms with Crippen LogP contribution in [0.2, 0.25) is 0 Å². The largest absolute Gasteiger partial charge is 0.507 e. The number of aromatic hydroxyl groups is 1. The summed E-state index contributed by atoms with van der Waals surface area (Å²) in [6, 6.07) is 15.6. The average molecular weight is 357 g/mol. The maximum Gasteiger partial charge on any atom is 0.123 e. The van der Waals surface area contributed by atoms with Gasteiger partial charge in [0.15, 0.2) is 0 Å². The van der Waals surface area contributed by atoms with Crippen molar-refractivity contribution < 1.29 is 5.11 Å². The van der Waals surface area contributed by atoms with Crippen LogP contribution < -0.4 is 0 Å². The van der Waals surface area contributed by atoms with E-state index >= 15 is 0 Å². The number of rotatable bonds is 0. The summed E-state index contributed by atoms with van der Waals surface area (Å²) in [5.74, 6) is 1.57. The predicted octanol–water partition coefficient (Wildman–Crippen LogP) is 7.36. The zero-order valence-corrected chi connectivity index (χ0v) is 16.4. The Morgan fingerprint density at radius 2 is 1.37 bits per heavy atom. The van der Waals surface area contributed by atoms with E-state index in [0.717, 1.165) is 5.39 Å². The van der Waals surface area contributed by atoms with Gasteiger partial charge in [-0.1, -0.05) is 67.1 Å². The van der Waals surface area contributed by atoms with Crippen molar-refractivity contribution in [3.05, 3.63) is 64.7 Å². The summed E-state index contributed by atoms with van der Waals surface area (Å²) in [7, 11) is 0. The van der Waals surface area contributed by atoms with Gasteiger partial charge in [-0.05, 0) is 78.3 Å².